The van der Waals surface area contributed by atoms with Crippen LogP contribution in [0.2, 0.25) is 5.02 Å². The molecule has 0 spiro atoms. The van der Waals surface area contributed by atoms with Crippen molar-refractivity contribution < 1.29 is 18.7 Å². The van der Waals surface area contributed by atoms with E-state index < -0.39 is 17.5 Å². The number of amides is 1. The highest BCUT2D eigenvalue weighted by Crippen LogP contribution is 2.33. The second kappa shape index (κ2) is 8.24. The molecule has 9 heteroatoms. The number of nitrogens with zero attached hydrogens (tertiary/aromatic N) is 3. The number of para-hydroxylation sites is 1. The lowest BCUT2D eigenvalue weighted by atomic mass is 10.1. The van der Waals surface area contributed by atoms with Crippen molar-refractivity contribution in [3.05, 3.63) is 89.2 Å². The van der Waals surface area contributed by atoms with E-state index in [0.29, 0.717) is 22.3 Å². The van der Waals surface area contributed by atoms with Gasteiger partial charge < -0.3 is 5.11 Å². The highest BCUT2D eigenvalue weighted by molar-refractivity contribution is 6.30. The predicted octanol–water partition coefficient (Wildman–Crippen LogP) is 4.27. The molecule has 1 heterocycles. The second-order valence-corrected chi connectivity index (χ2v) is 6.32. The van der Waals surface area contributed by atoms with Crippen molar-refractivity contribution in [2.45, 2.75) is 5.92 Å². The standard InChI is InChI=1S/C20H15ClF2N4O2/c1-2-20(22,23)18-16(12-25-27(18)15-9-7-14(21)8-10-15)19(29)26-24-11-13-5-3-4-6-17(13)28/h2-12,28H,1H2,(H,26,29). The fourth-order valence-electron chi connectivity index (χ4n) is 2.53. The zero-order chi connectivity index (χ0) is 21.0. The maximum atomic E-state index is 14.5. The van der Waals surface area contributed by atoms with Gasteiger partial charge in [-0.1, -0.05) is 30.3 Å². The number of hydrazone groups is 1. The van der Waals surface area contributed by atoms with E-state index in [1.165, 1.54) is 36.5 Å². The number of rotatable bonds is 6. The molecule has 1 amide bonds. The molecule has 2 N–H and O–H groups in total. The zero-order valence-electron chi connectivity index (χ0n) is 14.9. The summed E-state index contributed by atoms with van der Waals surface area (Å²) in [5.41, 5.74) is 1.77. The summed E-state index contributed by atoms with van der Waals surface area (Å²) in [5.74, 6) is -4.47. The number of aromatic nitrogens is 2. The Labute approximate surface area is 169 Å². The third kappa shape index (κ3) is 4.33. The molecule has 3 rings (SSSR count). The van der Waals surface area contributed by atoms with Gasteiger partial charge in [0.25, 0.3) is 5.91 Å². The average Bonchev–Trinajstić information content (AvgIpc) is 3.16. The van der Waals surface area contributed by atoms with Crippen LogP contribution in [0.5, 0.6) is 5.75 Å². The summed E-state index contributed by atoms with van der Waals surface area (Å²) in [4.78, 5) is 12.5. The van der Waals surface area contributed by atoms with Crippen LogP contribution >= 0.6 is 11.6 Å². The number of hydrogen-bond donors (Lipinski definition) is 2. The molecule has 6 nitrogen and oxygen atoms in total. The molecule has 148 valence electrons. The van der Waals surface area contributed by atoms with Crippen molar-refractivity contribution in [2.24, 2.45) is 5.10 Å². The summed E-state index contributed by atoms with van der Waals surface area (Å²) in [6, 6.07) is 12.3. The molecular formula is C20H15ClF2N4O2. The lowest BCUT2D eigenvalue weighted by molar-refractivity contribution is 0.0432. The van der Waals surface area contributed by atoms with Crippen molar-refractivity contribution in [2.75, 3.05) is 0 Å². The first-order valence-electron chi connectivity index (χ1n) is 8.30. The Hall–Kier alpha value is -3.52. The molecule has 0 aliphatic rings. The molecule has 2 aromatic carbocycles. The van der Waals surface area contributed by atoms with Crippen molar-refractivity contribution in [3.8, 4) is 11.4 Å². The second-order valence-electron chi connectivity index (χ2n) is 5.88. The minimum absolute atomic E-state index is 0.0417. The number of hydrogen-bond acceptors (Lipinski definition) is 4. The van der Waals surface area contributed by atoms with Gasteiger partial charge in [-0.15, -0.1) is 0 Å². The summed E-state index contributed by atoms with van der Waals surface area (Å²) in [5, 5.41) is 17.7. The fourth-order valence-corrected chi connectivity index (χ4v) is 2.65. The Morgan fingerprint density at radius 3 is 2.59 bits per heavy atom. The minimum Gasteiger partial charge on any atom is -0.507 e. The zero-order valence-corrected chi connectivity index (χ0v) is 15.6. The number of carbonyl (C=O) groups is 1. The maximum Gasteiger partial charge on any atom is 0.308 e. The number of allylic oxidation sites excluding steroid dienone is 1. The van der Waals surface area contributed by atoms with Gasteiger partial charge in [-0.2, -0.15) is 19.0 Å². The van der Waals surface area contributed by atoms with Crippen LogP contribution in [-0.4, -0.2) is 27.0 Å². The summed E-state index contributed by atoms with van der Waals surface area (Å²) in [6.45, 7) is 3.15. The SMILES string of the molecule is C=CC(F)(F)c1c(C(=O)NN=Cc2ccccc2O)cnn1-c1ccc(Cl)cc1. The van der Waals surface area contributed by atoms with E-state index >= 15 is 0 Å². The number of halogens is 3. The monoisotopic (exact) mass is 416 g/mol. The molecule has 3 aromatic rings. The number of alkyl halides is 2. The van der Waals surface area contributed by atoms with Crippen LogP contribution in [0, 0.1) is 0 Å². The van der Waals surface area contributed by atoms with Gasteiger partial charge in [-0.3, -0.25) is 4.79 Å². The van der Waals surface area contributed by atoms with Crippen LogP contribution in [0.15, 0.2) is 72.5 Å². The van der Waals surface area contributed by atoms with Crippen LogP contribution in [0.1, 0.15) is 21.6 Å². The average molecular weight is 417 g/mol. The van der Waals surface area contributed by atoms with Crippen LogP contribution in [0.3, 0.4) is 0 Å². The van der Waals surface area contributed by atoms with E-state index in [-0.39, 0.29) is 11.3 Å². The van der Waals surface area contributed by atoms with E-state index in [0.717, 1.165) is 10.9 Å². The highest BCUT2D eigenvalue weighted by atomic mass is 35.5. The summed E-state index contributed by atoms with van der Waals surface area (Å²) >= 11 is 5.84. The first-order chi connectivity index (χ1) is 13.8. The lowest BCUT2D eigenvalue weighted by Crippen LogP contribution is -2.24. The Bertz CT molecular complexity index is 1080. The molecule has 29 heavy (non-hydrogen) atoms. The van der Waals surface area contributed by atoms with Gasteiger partial charge in [-0.05, 0) is 42.5 Å². The van der Waals surface area contributed by atoms with Gasteiger partial charge in [0.05, 0.1) is 23.7 Å². The molecule has 0 aliphatic heterocycles. The Kier molecular flexibility index (Phi) is 5.74. The first kappa shape index (κ1) is 20.2. The summed E-state index contributed by atoms with van der Waals surface area (Å²) in [7, 11) is 0. The molecule has 0 saturated heterocycles. The van der Waals surface area contributed by atoms with Gasteiger partial charge in [0.15, 0.2) is 0 Å². The van der Waals surface area contributed by atoms with Crippen LogP contribution < -0.4 is 5.43 Å². The van der Waals surface area contributed by atoms with Crippen LogP contribution in [0.4, 0.5) is 8.78 Å². The molecular weight excluding hydrogens is 402 g/mol. The summed E-state index contributed by atoms with van der Waals surface area (Å²) in [6.07, 6.45) is 2.65. The third-order valence-corrected chi connectivity index (χ3v) is 4.22. The molecule has 0 fully saturated rings. The quantitative estimate of drug-likeness (QED) is 0.358. The normalized spacial score (nSPS) is 11.6. The molecule has 0 bridgehead atoms. The Morgan fingerprint density at radius 1 is 1.24 bits per heavy atom. The number of aromatic hydroxyl groups is 1. The molecule has 0 aliphatic carbocycles. The van der Waals surface area contributed by atoms with E-state index in [2.05, 4.69) is 22.2 Å². The van der Waals surface area contributed by atoms with Crippen LogP contribution in [0.25, 0.3) is 5.69 Å². The molecule has 0 unspecified atom stereocenters. The predicted molar refractivity (Wildman–Crippen MR) is 106 cm³/mol. The van der Waals surface area contributed by atoms with Gasteiger partial charge in [-0.25, -0.2) is 10.1 Å². The number of nitrogens with one attached hydrogen (secondary N) is 1. The molecule has 0 atom stereocenters. The van der Waals surface area contributed by atoms with Crippen LogP contribution in [-0.2, 0) is 5.92 Å². The third-order valence-electron chi connectivity index (χ3n) is 3.96. The van der Waals surface area contributed by atoms with Gasteiger partial charge in [0.1, 0.15) is 11.4 Å². The topological polar surface area (TPSA) is 79.5 Å². The number of phenolic OH excluding ortho intramolecular Hbond substituents is 1. The smallest absolute Gasteiger partial charge is 0.308 e. The molecule has 0 saturated carbocycles. The summed E-state index contributed by atoms with van der Waals surface area (Å²) < 4.78 is 30.0. The van der Waals surface area contributed by atoms with E-state index in [9.17, 15) is 18.7 Å². The van der Waals surface area contributed by atoms with Crippen molar-refractivity contribution >= 4 is 23.7 Å². The van der Waals surface area contributed by atoms with Gasteiger partial charge in [0, 0.05) is 10.6 Å². The van der Waals surface area contributed by atoms with Crippen molar-refractivity contribution in [1.82, 2.24) is 15.2 Å². The highest BCUT2D eigenvalue weighted by Gasteiger charge is 2.37. The van der Waals surface area contributed by atoms with E-state index in [1.54, 1.807) is 18.2 Å². The van der Waals surface area contributed by atoms with Gasteiger partial charge in [0.2, 0.25) is 0 Å². The van der Waals surface area contributed by atoms with Crippen molar-refractivity contribution in [3.63, 3.8) is 0 Å². The first-order valence-corrected chi connectivity index (χ1v) is 8.68. The molecule has 1 aromatic heterocycles. The van der Waals surface area contributed by atoms with Gasteiger partial charge >= 0.3 is 5.92 Å². The molecule has 0 radical (unpaired) electrons. The van der Waals surface area contributed by atoms with Crippen molar-refractivity contribution in [1.29, 1.82) is 0 Å². The fraction of sp³-hybridized carbons (Fsp3) is 0.0500. The van der Waals surface area contributed by atoms with E-state index in [4.69, 9.17) is 11.6 Å². The largest absolute Gasteiger partial charge is 0.507 e. The Morgan fingerprint density at radius 2 is 1.93 bits per heavy atom. The van der Waals surface area contributed by atoms with E-state index in [1.807, 2.05) is 0 Å². The number of phenols is 1. The number of carbonyl (C=O) groups excluding carboxylic acids is 1. The lowest BCUT2D eigenvalue weighted by Gasteiger charge is -2.16. The maximum absolute atomic E-state index is 14.5. The minimum atomic E-state index is -3.54. The Balaban J connectivity index is 1.94. The number of benzene rings is 2.